The molecule has 2 N–H and O–H groups in total. The molecule has 1 amide bonds. The zero-order chi connectivity index (χ0) is 103. The van der Waals surface area contributed by atoms with Crippen LogP contribution in [-0.2, 0) is 77.4 Å². The van der Waals surface area contributed by atoms with Gasteiger partial charge in [0, 0.05) is 131 Å². The molecule has 3 aliphatic heterocycles. The lowest BCUT2D eigenvalue weighted by Crippen LogP contribution is -2.56. The number of ether oxygens (including phenoxy) is 4. The number of likely N-dealkylation sites (tertiary alicyclic amines) is 2. The van der Waals surface area contributed by atoms with E-state index < -0.39 is 10.0 Å². The van der Waals surface area contributed by atoms with Gasteiger partial charge >= 0.3 is 0 Å². The van der Waals surface area contributed by atoms with Crippen molar-refractivity contribution in [1.82, 2.24) is 59.0 Å². The van der Waals surface area contributed by atoms with Crippen LogP contribution in [0.5, 0.6) is 23.0 Å². The van der Waals surface area contributed by atoms with Crippen LogP contribution in [0.3, 0.4) is 0 Å². The van der Waals surface area contributed by atoms with Gasteiger partial charge in [-0.05, 0) is 288 Å². The van der Waals surface area contributed by atoms with Crippen molar-refractivity contribution in [2.24, 2.45) is 5.92 Å². The maximum absolute atomic E-state index is 11.4. The topological polar surface area (TPSA) is 209 Å². The Kier molecular flexibility index (Phi) is 45.9. The number of hydrogen-bond acceptors (Lipinski definition) is 17. The van der Waals surface area contributed by atoms with E-state index in [1.54, 1.807) is 13.1 Å². The maximum Gasteiger partial charge on any atom is 0.219 e. The molecule has 10 aromatic rings. The number of likely N-dealkylation sites (N-methyl/N-ethyl adjacent to an activating group) is 2. The van der Waals surface area contributed by atoms with E-state index in [0.29, 0.717) is 25.0 Å². The number of aromatic nitrogens is 7. The number of aromatic amines is 1. The second-order valence-electron chi connectivity index (χ2n) is 45.7. The van der Waals surface area contributed by atoms with Crippen LogP contribution in [-0.4, -0.2) is 199 Å². The summed E-state index contributed by atoms with van der Waals surface area (Å²) in [6.07, 6.45) is 19.9. The third-order valence-corrected chi connectivity index (χ3v) is 25.7. The quantitative estimate of drug-likeness (QED) is 0.0483. The number of sulfonamides is 1. The van der Waals surface area contributed by atoms with E-state index in [0.717, 1.165) is 149 Å². The standard InChI is InChI=1S/C16H25NO.C15H23N3O.C15H24N2O2S.C15H18N2.C15H25NO.C14H23NO.C14H22O.C13H17N3/c1-16(2,3)14-6-8-15(9-7-14)18-13-12-17-10-4-5-11-17;1-10-7-16-14(6-13(10)15(3,4)5)17-12-8-18(9-12)11(2)19;1-11-8-16-13(7-14(11)15(2,3)4)6-12-9-17(10-12)20(5,18)19;1-15(2,3)12-7-9-17-14(10-12)11-13-6-4-5-8-16-13;1-6-16(5)11-12-17-14-9-7-13(8-10-14)15(2,3)4;1-14(2,3)12-6-8-13(9-7-12)16-11-10-15(4)5;1-5-6-11-15-13-9-7-12(8-10-13)14(2,3)4;1-13(2,3)10-4-6-14-12(8-10)9-11-5-7-15-16-11/h6-9H,4-5,10-13H2,1-3H3;6-7,12H,8-9H2,1-5H3,(H,16,17);7-8,12H,6,9-10H2,1-5H3;4-10H,11H2,1-3H3;7-10H,6,11-12H2,1-5H3;6-9H,10-11H2,1-5H3;7-10H,5-6,11H2,1-4H3;4-8H,9H2,1-3H3,(H,15,16). The van der Waals surface area contributed by atoms with Crippen LogP contribution in [0.1, 0.15) is 297 Å². The van der Waals surface area contributed by atoms with Crippen LogP contribution in [0.25, 0.3) is 0 Å². The first kappa shape index (κ1) is 117. The minimum Gasteiger partial charge on any atom is -0.494 e. The number of anilines is 1. The molecule has 0 bridgehead atoms. The van der Waals surface area contributed by atoms with Crippen molar-refractivity contribution in [3.63, 3.8) is 0 Å². The Bertz CT molecular complexity index is 5270. The van der Waals surface area contributed by atoms with E-state index in [1.807, 2.05) is 74.2 Å². The van der Waals surface area contributed by atoms with Gasteiger partial charge in [-0.15, -0.1) is 0 Å². The molecule has 0 unspecified atom stereocenters. The van der Waals surface area contributed by atoms with Gasteiger partial charge in [0.15, 0.2) is 0 Å². The molecule has 3 aliphatic rings. The summed E-state index contributed by atoms with van der Waals surface area (Å²) in [7, 11) is 3.18. The Morgan fingerprint density at radius 1 is 0.449 bits per heavy atom. The lowest BCUT2D eigenvalue weighted by molar-refractivity contribution is -0.132. The molecule has 138 heavy (non-hydrogen) atoms. The number of nitrogens with zero attached hydrogens (tertiary/aromatic N) is 11. The molecule has 6 aromatic heterocycles. The first-order chi connectivity index (χ1) is 64.4. The molecule has 9 heterocycles. The molecule has 0 aliphatic carbocycles. The molecular formula is C117H177N13O7S. The Morgan fingerprint density at radius 3 is 1.26 bits per heavy atom. The second kappa shape index (κ2) is 54.2. The molecule has 21 heteroatoms. The zero-order valence-electron chi connectivity index (χ0n) is 91.2. The van der Waals surface area contributed by atoms with Gasteiger partial charge in [-0.3, -0.25) is 34.7 Å². The Balaban J connectivity index is 0.000000242. The first-order valence-corrected chi connectivity index (χ1v) is 51.9. The highest BCUT2D eigenvalue weighted by Crippen LogP contribution is 2.34. The lowest BCUT2D eigenvalue weighted by Gasteiger charge is -2.39. The molecule has 0 saturated carbocycles. The fraction of sp³-hybridized carbons (Fsp3) is 0.547. The average molecular weight is 1910 g/mol. The van der Waals surface area contributed by atoms with E-state index in [1.165, 1.54) is 98.5 Å². The van der Waals surface area contributed by atoms with Crippen molar-refractivity contribution in [3.8, 4) is 23.0 Å². The predicted molar refractivity (Wildman–Crippen MR) is 578 cm³/mol. The van der Waals surface area contributed by atoms with E-state index in [-0.39, 0.29) is 49.2 Å². The summed E-state index contributed by atoms with van der Waals surface area (Å²) in [6, 6.07) is 54.9. The number of aryl methyl sites for hydroxylation is 2. The second-order valence-corrected chi connectivity index (χ2v) is 47.7. The first-order valence-electron chi connectivity index (χ1n) is 50.1. The zero-order valence-corrected chi connectivity index (χ0v) is 92.0. The fourth-order valence-electron chi connectivity index (χ4n) is 15.2. The smallest absolute Gasteiger partial charge is 0.219 e. The molecule has 4 aromatic carbocycles. The Morgan fingerprint density at radius 2 is 0.870 bits per heavy atom. The van der Waals surface area contributed by atoms with Crippen LogP contribution in [0.15, 0.2) is 195 Å². The van der Waals surface area contributed by atoms with Gasteiger partial charge < -0.3 is 39.0 Å². The third kappa shape index (κ3) is 43.5. The molecule has 3 fully saturated rings. The van der Waals surface area contributed by atoms with Crippen molar-refractivity contribution in [1.29, 1.82) is 0 Å². The van der Waals surface area contributed by atoms with Gasteiger partial charge in [-0.25, -0.2) is 17.7 Å². The number of amides is 1. The minimum atomic E-state index is -3.02. The van der Waals surface area contributed by atoms with Crippen molar-refractivity contribution in [2.75, 3.05) is 125 Å². The molecule has 758 valence electrons. The Hall–Kier alpha value is -9.90. The summed E-state index contributed by atoms with van der Waals surface area (Å²) in [5, 5.41) is 10.3. The largest absolute Gasteiger partial charge is 0.494 e. The predicted octanol–water partition coefficient (Wildman–Crippen LogP) is 24.4. The normalized spacial score (nSPS) is 13.9. The van der Waals surface area contributed by atoms with Gasteiger partial charge in [0.25, 0.3) is 0 Å². The van der Waals surface area contributed by atoms with Crippen LogP contribution in [0.4, 0.5) is 5.82 Å². The summed E-state index contributed by atoms with van der Waals surface area (Å²) in [4.78, 5) is 41.8. The number of carbonyl (C=O) groups is 1. The van der Waals surface area contributed by atoms with Gasteiger partial charge in [0.2, 0.25) is 15.9 Å². The average Bonchev–Trinajstić information content (AvgIpc) is 1.10. The summed E-state index contributed by atoms with van der Waals surface area (Å²) in [5.74, 6) is 5.33. The summed E-state index contributed by atoms with van der Waals surface area (Å²) in [6.45, 7) is 75.7. The highest BCUT2D eigenvalue weighted by atomic mass is 32.2. The van der Waals surface area contributed by atoms with Crippen LogP contribution < -0.4 is 24.3 Å². The number of hydrogen-bond donors (Lipinski definition) is 2. The van der Waals surface area contributed by atoms with Crippen molar-refractivity contribution >= 4 is 21.7 Å². The molecule has 20 nitrogen and oxygen atoms in total. The minimum absolute atomic E-state index is 0.111. The lowest BCUT2D eigenvalue weighted by atomic mass is 9.83. The summed E-state index contributed by atoms with van der Waals surface area (Å²) >= 11 is 0. The SMILES string of the molecule is CC(=O)N1CC(Nc2cc(C(C)(C)C)c(C)cn2)C1.CC(C)(C)c1ccc(OCCN2CCCC2)cc1.CC(C)(C)c1ccnc(Cc2ccccn2)c1.CC(C)(C)c1ccnc(Cc2ccn[nH]2)c1.CCCCOc1ccc(C(C)(C)C)cc1.CCN(C)CCOc1ccc(C(C)(C)C)cc1.CN(C)CCOc1ccc(C(C)(C)C)cc1.Cc1cnc(CC2CN(S(C)(=O)=O)C2)cc1C(C)(C)C. The van der Waals surface area contributed by atoms with Gasteiger partial charge in [0.05, 0.1) is 18.9 Å². The Labute approximate surface area is 835 Å². The number of rotatable bonds is 26. The molecule has 0 atom stereocenters. The number of H-pyrrole nitrogens is 1. The fourth-order valence-corrected chi connectivity index (χ4v) is 16.1. The molecule has 3 saturated heterocycles. The van der Waals surface area contributed by atoms with Gasteiger partial charge in [-0.1, -0.05) is 241 Å². The third-order valence-electron chi connectivity index (χ3n) is 24.4. The monoisotopic (exact) mass is 1910 g/mol. The van der Waals surface area contributed by atoms with Crippen LogP contribution >= 0.6 is 0 Å². The highest BCUT2D eigenvalue weighted by Gasteiger charge is 2.34. The molecule has 0 radical (unpaired) electrons. The van der Waals surface area contributed by atoms with Gasteiger partial charge in [0.1, 0.15) is 48.6 Å². The molecular weight excluding hydrogens is 1730 g/mol. The highest BCUT2D eigenvalue weighted by molar-refractivity contribution is 7.88. The molecule has 0 spiro atoms. The summed E-state index contributed by atoms with van der Waals surface area (Å²) < 4.78 is 47.0. The number of benzene rings is 4. The van der Waals surface area contributed by atoms with E-state index in [2.05, 4.69) is 390 Å². The van der Waals surface area contributed by atoms with Crippen molar-refractivity contribution in [3.05, 3.63) is 279 Å². The molecule has 13 rings (SSSR count). The van der Waals surface area contributed by atoms with E-state index >= 15 is 0 Å². The maximum atomic E-state index is 11.4. The van der Waals surface area contributed by atoms with E-state index in [4.69, 9.17) is 18.9 Å². The van der Waals surface area contributed by atoms with Gasteiger partial charge in [-0.2, -0.15) is 5.10 Å². The van der Waals surface area contributed by atoms with Crippen LogP contribution in [0, 0.1) is 19.8 Å². The number of pyridine rings is 5. The number of nitrogens with one attached hydrogen (secondary N) is 2. The van der Waals surface area contributed by atoms with E-state index in [9.17, 15) is 13.2 Å². The number of unbranched alkanes of at least 4 members (excludes halogenated alkanes) is 1. The summed E-state index contributed by atoms with van der Waals surface area (Å²) in [5.41, 5.74) is 19.9. The number of carbonyl (C=O) groups excluding carboxylic acids is 1. The van der Waals surface area contributed by atoms with Crippen molar-refractivity contribution in [2.45, 2.75) is 295 Å². The van der Waals surface area contributed by atoms with Crippen LogP contribution in [0.2, 0.25) is 0 Å². The van der Waals surface area contributed by atoms with Crippen molar-refractivity contribution < 1.29 is 32.2 Å².